The second kappa shape index (κ2) is 5.65. The van der Waals surface area contributed by atoms with Crippen molar-refractivity contribution in [3.63, 3.8) is 0 Å². The molecule has 0 spiro atoms. The van der Waals surface area contributed by atoms with E-state index < -0.39 is 15.7 Å². The lowest BCUT2D eigenvalue weighted by Gasteiger charge is -2.00. The molecule has 2 heterocycles. The summed E-state index contributed by atoms with van der Waals surface area (Å²) in [4.78, 5) is 20.3. The number of hydrogen-bond donors (Lipinski definition) is 0. The highest BCUT2D eigenvalue weighted by Crippen LogP contribution is 2.28. The molecule has 0 fully saturated rings. The average Bonchev–Trinajstić information content (AvgIpc) is 3.21. The van der Waals surface area contributed by atoms with Gasteiger partial charge in [-0.3, -0.25) is 20.2 Å². The Balaban J connectivity index is 2.08. The second-order valence-electron chi connectivity index (χ2n) is 4.62. The van der Waals surface area contributed by atoms with E-state index in [0.717, 1.165) is 6.07 Å². The summed E-state index contributed by atoms with van der Waals surface area (Å²) in [6.45, 7) is 0. The topological polar surface area (TPSA) is 141 Å². The smallest absolute Gasteiger partial charge is 0.399 e. The van der Waals surface area contributed by atoms with Gasteiger partial charge in [-0.15, -0.1) is 0 Å². The number of non-ortho nitro benzene ring substituents is 1. The molecule has 24 heavy (non-hydrogen) atoms. The van der Waals surface area contributed by atoms with Gasteiger partial charge >= 0.3 is 5.88 Å². The quantitative estimate of drug-likeness (QED) is 0.530. The van der Waals surface area contributed by atoms with Crippen LogP contribution in [-0.2, 0) is 0 Å². The number of furan rings is 1. The normalized spacial score (nSPS) is 10.3. The van der Waals surface area contributed by atoms with E-state index in [1.54, 1.807) is 6.07 Å². The van der Waals surface area contributed by atoms with Gasteiger partial charge in [0.1, 0.15) is 22.2 Å². The Morgan fingerprint density at radius 1 is 1.17 bits per heavy atom. The number of nitro groups is 2. The van der Waals surface area contributed by atoms with Gasteiger partial charge in [-0.25, -0.2) is 4.68 Å². The zero-order valence-electron chi connectivity index (χ0n) is 11.8. The van der Waals surface area contributed by atoms with Crippen molar-refractivity contribution in [2.24, 2.45) is 0 Å². The standard InChI is InChI=1S/C14H7N5O5/c15-7-9-8-17(10-2-1-3-11(6-10)18(20)21)16-14(9)12-4-5-13(24-12)19(22)23/h1-6,8H. The van der Waals surface area contributed by atoms with E-state index in [-0.39, 0.29) is 22.7 Å². The van der Waals surface area contributed by atoms with E-state index in [1.807, 2.05) is 6.07 Å². The van der Waals surface area contributed by atoms with Crippen molar-refractivity contribution in [1.82, 2.24) is 9.78 Å². The fourth-order valence-electron chi connectivity index (χ4n) is 2.07. The van der Waals surface area contributed by atoms with Crippen molar-refractivity contribution in [3.8, 4) is 23.2 Å². The zero-order chi connectivity index (χ0) is 17.3. The van der Waals surface area contributed by atoms with Crippen LogP contribution < -0.4 is 0 Å². The summed E-state index contributed by atoms with van der Waals surface area (Å²) in [5.41, 5.74) is 0.465. The first-order valence-electron chi connectivity index (χ1n) is 6.49. The molecule has 3 aromatic rings. The van der Waals surface area contributed by atoms with Crippen molar-refractivity contribution < 1.29 is 14.3 Å². The number of hydrogen-bond acceptors (Lipinski definition) is 7. The molecule has 0 aliphatic rings. The molecule has 0 unspecified atom stereocenters. The van der Waals surface area contributed by atoms with Gasteiger partial charge in [-0.05, 0) is 12.1 Å². The van der Waals surface area contributed by atoms with Gasteiger partial charge in [0.2, 0.25) is 0 Å². The first kappa shape index (κ1) is 14.9. The Morgan fingerprint density at radius 2 is 1.96 bits per heavy atom. The lowest BCUT2D eigenvalue weighted by atomic mass is 10.2. The van der Waals surface area contributed by atoms with Crippen LogP contribution in [0.1, 0.15) is 5.56 Å². The maximum atomic E-state index is 10.8. The van der Waals surface area contributed by atoms with Gasteiger partial charge in [-0.2, -0.15) is 10.4 Å². The predicted molar refractivity (Wildman–Crippen MR) is 79.3 cm³/mol. The molecule has 0 aliphatic carbocycles. The number of rotatable bonds is 4. The lowest BCUT2D eigenvalue weighted by molar-refractivity contribution is -0.401. The summed E-state index contributed by atoms with van der Waals surface area (Å²) in [6, 6.07) is 10.1. The summed E-state index contributed by atoms with van der Waals surface area (Å²) in [5, 5.41) is 34.9. The third kappa shape index (κ3) is 2.57. The molecule has 118 valence electrons. The summed E-state index contributed by atoms with van der Waals surface area (Å²) < 4.78 is 6.32. The Labute approximate surface area is 133 Å². The number of nitro benzene ring substituents is 1. The van der Waals surface area contributed by atoms with Gasteiger partial charge < -0.3 is 4.42 Å². The molecule has 0 amide bonds. The molecule has 10 heteroatoms. The summed E-state index contributed by atoms with van der Waals surface area (Å²) in [5.74, 6) is -0.416. The van der Waals surface area contributed by atoms with E-state index in [1.165, 1.54) is 35.1 Å². The van der Waals surface area contributed by atoms with Gasteiger partial charge in [0, 0.05) is 18.3 Å². The van der Waals surface area contributed by atoms with E-state index in [9.17, 15) is 25.5 Å². The van der Waals surface area contributed by atoms with Crippen molar-refractivity contribution in [2.45, 2.75) is 0 Å². The monoisotopic (exact) mass is 325 g/mol. The highest BCUT2D eigenvalue weighted by atomic mass is 16.6. The number of nitriles is 1. The SMILES string of the molecule is N#Cc1cn(-c2cccc([N+](=O)[O-])c2)nc1-c1ccc([N+](=O)[O-])o1. The largest absolute Gasteiger partial charge is 0.433 e. The summed E-state index contributed by atoms with van der Waals surface area (Å²) >= 11 is 0. The summed E-state index contributed by atoms with van der Waals surface area (Å²) in [6.07, 6.45) is 1.36. The number of aromatic nitrogens is 2. The van der Waals surface area contributed by atoms with E-state index in [4.69, 9.17) is 4.42 Å². The van der Waals surface area contributed by atoms with Crippen LogP contribution in [0.15, 0.2) is 47.0 Å². The van der Waals surface area contributed by atoms with Crippen LogP contribution in [0, 0.1) is 31.6 Å². The molecule has 0 bridgehead atoms. The molecule has 0 saturated carbocycles. The minimum absolute atomic E-state index is 0.0578. The zero-order valence-corrected chi connectivity index (χ0v) is 11.8. The van der Waals surface area contributed by atoms with Gasteiger partial charge in [0.25, 0.3) is 5.69 Å². The first-order chi connectivity index (χ1) is 11.5. The first-order valence-corrected chi connectivity index (χ1v) is 6.49. The van der Waals surface area contributed by atoms with Crippen molar-refractivity contribution in [2.75, 3.05) is 0 Å². The Morgan fingerprint density at radius 3 is 2.58 bits per heavy atom. The van der Waals surface area contributed by atoms with Crippen LogP contribution >= 0.6 is 0 Å². The molecule has 0 saturated heterocycles. The van der Waals surface area contributed by atoms with Crippen molar-refractivity contribution in [3.05, 3.63) is 68.4 Å². The molecule has 0 radical (unpaired) electrons. The molecular weight excluding hydrogens is 318 g/mol. The molecule has 0 atom stereocenters. The van der Waals surface area contributed by atoms with Crippen molar-refractivity contribution in [1.29, 1.82) is 5.26 Å². The lowest BCUT2D eigenvalue weighted by Crippen LogP contribution is -1.96. The number of nitrogens with zero attached hydrogens (tertiary/aromatic N) is 5. The maximum absolute atomic E-state index is 10.8. The highest BCUT2D eigenvalue weighted by Gasteiger charge is 2.19. The molecule has 0 N–H and O–H groups in total. The van der Waals surface area contributed by atoms with Crippen LogP contribution in [0.25, 0.3) is 17.1 Å². The average molecular weight is 325 g/mol. The molecule has 3 rings (SSSR count). The Hall–Kier alpha value is -4.00. The van der Waals surface area contributed by atoms with Gasteiger partial charge in [0.15, 0.2) is 5.76 Å². The second-order valence-corrected chi connectivity index (χ2v) is 4.62. The fraction of sp³-hybridized carbons (Fsp3) is 0. The molecule has 2 aromatic heterocycles. The highest BCUT2D eigenvalue weighted by molar-refractivity contribution is 5.62. The Kier molecular flexibility index (Phi) is 3.51. The summed E-state index contributed by atoms with van der Waals surface area (Å²) in [7, 11) is 0. The third-order valence-corrected chi connectivity index (χ3v) is 3.14. The number of benzene rings is 1. The molecule has 1 aromatic carbocycles. The van der Waals surface area contributed by atoms with Crippen LogP contribution in [0.4, 0.5) is 11.6 Å². The molecule has 0 aliphatic heterocycles. The fourth-order valence-corrected chi connectivity index (χ4v) is 2.07. The van der Waals surface area contributed by atoms with E-state index in [2.05, 4.69) is 5.10 Å². The van der Waals surface area contributed by atoms with Crippen LogP contribution in [-0.4, -0.2) is 19.6 Å². The van der Waals surface area contributed by atoms with E-state index in [0.29, 0.717) is 5.69 Å². The third-order valence-electron chi connectivity index (χ3n) is 3.14. The maximum Gasteiger partial charge on any atom is 0.433 e. The van der Waals surface area contributed by atoms with E-state index >= 15 is 0 Å². The predicted octanol–water partition coefficient (Wildman–Crippen LogP) is 2.82. The molecule has 10 nitrogen and oxygen atoms in total. The van der Waals surface area contributed by atoms with Crippen LogP contribution in [0.2, 0.25) is 0 Å². The van der Waals surface area contributed by atoms with Gasteiger partial charge in [0.05, 0.1) is 16.7 Å². The molecular formula is C14H7N5O5. The Bertz CT molecular complexity index is 997. The van der Waals surface area contributed by atoms with Crippen molar-refractivity contribution >= 4 is 11.6 Å². The minimum Gasteiger partial charge on any atom is -0.399 e. The minimum atomic E-state index is -0.701. The van der Waals surface area contributed by atoms with Crippen LogP contribution in [0.5, 0.6) is 0 Å². The van der Waals surface area contributed by atoms with Crippen LogP contribution in [0.3, 0.4) is 0 Å². The van der Waals surface area contributed by atoms with Gasteiger partial charge in [-0.1, -0.05) is 6.07 Å².